The number of nitrogens with zero attached hydrogens (tertiary/aromatic N) is 3. The number of allylic oxidation sites excluding steroid dienone is 1. The van der Waals surface area contributed by atoms with E-state index in [0.29, 0.717) is 21.4 Å². The summed E-state index contributed by atoms with van der Waals surface area (Å²) in [6.07, 6.45) is 1.85. The summed E-state index contributed by atoms with van der Waals surface area (Å²) in [4.78, 5) is 7.82. The first-order chi connectivity index (χ1) is 13.9. The summed E-state index contributed by atoms with van der Waals surface area (Å²) in [5.41, 5.74) is 7.14. The van der Waals surface area contributed by atoms with Crippen LogP contribution < -0.4 is 0 Å². The molecular formula is C23H18Cl2N4. The highest BCUT2D eigenvalue weighted by Gasteiger charge is 2.14. The van der Waals surface area contributed by atoms with E-state index in [1.165, 1.54) is 0 Å². The number of aryl methyl sites for hydroxylation is 2. The van der Waals surface area contributed by atoms with Gasteiger partial charge >= 0.3 is 0 Å². The highest BCUT2D eigenvalue weighted by molar-refractivity contribution is 6.35. The van der Waals surface area contributed by atoms with Gasteiger partial charge in [0.1, 0.15) is 11.9 Å². The van der Waals surface area contributed by atoms with Crippen LogP contribution in [0.15, 0.2) is 42.5 Å². The number of nitrogens with one attached hydrogen (secondary N) is 1. The lowest BCUT2D eigenvalue weighted by Gasteiger charge is -2.12. The summed E-state index contributed by atoms with van der Waals surface area (Å²) in [7, 11) is 0. The second-order valence-electron chi connectivity index (χ2n) is 7.03. The van der Waals surface area contributed by atoms with Crippen LogP contribution in [0.4, 0.5) is 0 Å². The van der Waals surface area contributed by atoms with Crippen LogP contribution in [-0.4, -0.2) is 14.5 Å². The van der Waals surface area contributed by atoms with Crippen LogP contribution in [0.25, 0.3) is 28.4 Å². The standard InChI is InChI=1S/C23H18Cl2N4/c1-13-4-6-20-21(8-13)28-23(27-20)17(12-26)10-16-9-14(2)29(15(16)3)22-7-5-18(24)11-19(22)25/h4-11H,1-3H3,(H,27,28). The molecule has 0 saturated heterocycles. The van der Waals surface area contributed by atoms with Gasteiger partial charge in [-0.1, -0.05) is 29.3 Å². The normalized spacial score (nSPS) is 11.8. The van der Waals surface area contributed by atoms with Crippen LogP contribution in [0, 0.1) is 32.1 Å². The van der Waals surface area contributed by atoms with Crippen LogP contribution in [-0.2, 0) is 0 Å². The highest BCUT2D eigenvalue weighted by Crippen LogP contribution is 2.30. The Morgan fingerprint density at radius 1 is 1.10 bits per heavy atom. The summed E-state index contributed by atoms with van der Waals surface area (Å²) in [5.74, 6) is 0.558. The Balaban J connectivity index is 1.81. The lowest BCUT2D eigenvalue weighted by molar-refractivity contribution is 0.965. The number of aromatic amines is 1. The zero-order valence-corrected chi connectivity index (χ0v) is 17.7. The van der Waals surface area contributed by atoms with Crippen molar-refractivity contribution >= 4 is 45.9 Å². The van der Waals surface area contributed by atoms with E-state index < -0.39 is 0 Å². The predicted molar refractivity (Wildman–Crippen MR) is 120 cm³/mol. The zero-order chi connectivity index (χ0) is 20.7. The molecule has 0 atom stereocenters. The number of nitriles is 1. The maximum Gasteiger partial charge on any atom is 0.149 e. The number of fused-ring (bicyclic) bond motifs is 1. The van der Waals surface area contributed by atoms with Gasteiger partial charge < -0.3 is 9.55 Å². The van der Waals surface area contributed by atoms with Crippen LogP contribution in [0.1, 0.15) is 28.3 Å². The van der Waals surface area contributed by atoms with Crippen molar-refractivity contribution in [3.8, 4) is 11.8 Å². The van der Waals surface area contributed by atoms with Crippen molar-refractivity contribution < 1.29 is 0 Å². The summed E-state index contributed by atoms with van der Waals surface area (Å²) in [6, 6.07) is 15.7. The fourth-order valence-corrected chi connectivity index (χ4v) is 4.02. The van der Waals surface area contributed by atoms with Gasteiger partial charge in [-0.15, -0.1) is 0 Å². The van der Waals surface area contributed by atoms with Crippen LogP contribution >= 0.6 is 23.2 Å². The number of aromatic nitrogens is 3. The molecule has 144 valence electrons. The molecule has 4 nitrogen and oxygen atoms in total. The second kappa shape index (κ2) is 7.44. The van der Waals surface area contributed by atoms with E-state index in [1.54, 1.807) is 6.07 Å². The van der Waals surface area contributed by atoms with Gasteiger partial charge in [0.15, 0.2) is 0 Å². The molecule has 2 aromatic carbocycles. The Morgan fingerprint density at radius 2 is 1.90 bits per heavy atom. The van der Waals surface area contributed by atoms with Gasteiger partial charge in [-0.05, 0) is 74.4 Å². The summed E-state index contributed by atoms with van der Waals surface area (Å²) >= 11 is 12.5. The van der Waals surface area contributed by atoms with Gasteiger partial charge in [-0.25, -0.2) is 4.98 Å². The third-order valence-electron chi connectivity index (χ3n) is 4.93. The number of halogens is 2. The van der Waals surface area contributed by atoms with Crippen molar-refractivity contribution in [2.45, 2.75) is 20.8 Å². The topological polar surface area (TPSA) is 57.4 Å². The minimum Gasteiger partial charge on any atom is -0.337 e. The molecule has 29 heavy (non-hydrogen) atoms. The Labute approximate surface area is 179 Å². The minimum atomic E-state index is 0.473. The lowest BCUT2D eigenvalue weighted by atomic mass is 10.1. The molecule has 4 rings (SSSR count). The predicted octanol–water partition coefficient (Wildman–Crippen LogP) is 6.65. The SMILES string of the molecule is Cc1ccc2nc(C(C#N)=Cc3cc(C)n(-c4ccc(Cl)cc4Cl)c3C)[nH]c2c1. The van der Waals surface area contributed by atoms with E-state index in [4.69, 9.17) is 23.2 Å². The fraction of sp³-hybridized carbons (Fsp3) is 0.130. The second-order valence-corrected chi connectivity index (χ2v) is 7.88. The van der Waals surface area contributed by atoms with Crippen molar-refractivity contribution in [1.82, 2.24) is 14.5 Å². The van der Waals surface area contributed by atoms with Crippen LogP contribution in [0.5, 0.6) is 0 Å². The Hall–Kier alpha value is -3.00. The molecule has 1 N–H and O–H groups in total. The minimum absolute atomic E-state index is 0.473. The van der Waals surface area contributed by atoms with Gasteiger partial charge in [0.05, 0.1) is 27.3 Å². The maximum atomic E-state index is 9.76. The molecule has 2 heterocycles. The number of rotatable bonds is 3. The summed E-state index contributed by atoms with van der Waals surface area (Å²) < 4.78 is 2.06. The fourth-order valence-electron chi connectivity index (χ4n) is 3.53. The molecule has 0 bridgehead atoms. The molecule has 0 aliphatic rings. The molecule has 0 radical (unpaired) electrons. The van der Waals surface area contributed by atoms with Crippen molar-refractivity contribution in [2.24, 2.45) is 0 Å². The first kappa shape index (κ1) is 19.3. The molecule has 2 aromatic heterocycles. The van der Waals surface area contributed by atoms with Gasteiger partial charge in [0.25, 0.3) is 0 Å². The molecule has 0 aliphatic heterocycles. The number of benzene rings is 2. The van der Waals surface area contributed by atoms with E-state index in [9.17, 15) is 5.26 Å². The Morgan fingerprint density at radius 3 is 2.62 bits per heavy atom. The van der Waals surface area contributed by atoms with Gasteiger partial charge in [-0.2, -0.15) is 5.26 Å². The molecule has 0 spiro atoms. The Kier molecular flexibility index (Phi) is 4.96. The number of imidazole rings is 1. The number of hydrogen-bond acceptors (Lipinski definition) is 2. The summed E-state index contributed by atoms with van der Waals surface area (Å²) in [6.45, 7) is 6.03. The largest absolute Gasteiger partial charge is 0.337 e. The molecule has 0 saturated carbocycles. The lowest BCUT2D eigenvalue weighted by Crippen LogP contribution is -2.00. The molecule has 0 unspecified atom stereocenters. The van der Waals surface area contributed by atoms with Crippen molar-refractivity contribution in [1.29, 1.82) is 5.26 Å². The summed E-state index contributed by atoms with van der Waals surface area (Å²) in [5, 5.41) is 10.9. The third kappa shape index (κ3) is 3.55. The molecule has 0 aliphatic carbocycles. The molecule has 6 heteroatoms. The average molecular weight is 421 g/mol. The molecule has 0 amide bonds. The van der Waals surface area contributed by atoms with E-state index in [2.05, 4.69) is 20.6 Å². The maximum absolute atomic E-state index is 9.76. The van der Waals surface area contributed by atoms with Crippen LogP contribution in [0.2, 0.25) is 10.0 Å². The van der Waals surface area contributed by atoms with Gasteiger partial charge in [-0.3, -0.25) is 0 Å². The zero-order valence-electron chi connectivity index (χ0n) is 16.2. The van der Waals surface area contributed by atoms with Crippen molar-refractivity contribution in [3.63, 3.8) is 0 Å². The molecular weight excluding hydrogens is 403 g/mol. The van der Waals surface area contributed by atoms with Gasteiger partial charge in [0.2, 0.25) is 0 Å². The average Bonchev–Trinajstić information content (AvgIpc) is 3.20. The van der Waals surface area contributed by atoms with Gasteiger partial charge in [0, 0.05) is 16.4 Å². The quantitative estimate of drug-likeness (QED) is 0.377. The van der Waals surface area contributed by atoms with E-state index in [1.807, 2.05) is 63.2 Å². The number of H-pyrrole nitrogens is 1. The van der Waals surface area contributed by atoms with E-state index in [0.717, 1.165) is 39.2 Å². The van der Waals surface area contributed by atoms with Crippen molar-refractivity contribution in [3.05, 3.63) is 80.8 Å². The third-order valence-corrected chi connectivity index (χ3v) is 5.47. The molecule has 4 aromatic rings. The van der Waals surface area contributed by atoms with Crippen LogP contribution in [0.3, 0.4) is 0 Å². The molecule has 0 fully saturated rings. The smallest absolute Gasteiger partial charge is 0.149 e. The number of hydrogen-bond donors (Lipinski definition) is 1. The van der Waals surface area contributed by atoms with E-state index in [-0.39, 0.29) is 0 Å². The first-order valence-electron chi connectivity index (χ1n) is 9.10. The monoisotopic (exact) mass is 420 g/mol. The first-order valence-corrected chi connectivity index (χ1v) is 9.86. The van der Waals surface area contributed by atoms with E-state index >= 15 is 0 Å². The van der Waals surface area contributed by atoms with Crippen molar-refractivity contribution in [2.75, 3.05) is 0 Å². The highest BCUT2D eigenvalue weighted by atomic mass is 35.5. The Bertz CT molecular complexity index is 1320.